The largest absolute Gasteiger partial charge is 0.380 e. The molecule has 136 valence electrons. The maximum Gasteiger partial charge on any atom is 0.0821 e. The van der Waals surface area contributed by atoms with E-state index in [0.29, 0.717) is 22.6 Å². The van der Waals surface area contributed by atoms with E-state index in [1.807, 2.05) is 18.3 Å². The van der Waals surface area contributed by atoms with Gasteiger partial charge in [0.15, 0.2) is 0 Å². The first kappa shape index (κ1) is 17.8. The van der Waals surface area contributed by atoms with Crippen LogP contribution in [0, 0.1) is 0 Å². The zero-order valence-corrected chi connectivity index (χ0v) is 16.3. The second-order valence-corrected chi connectivity index (χ2v) is 7.90. The minimum atomic E-state index is 0.421. The van der Waals surface area contributed by atoms with E-state index in [1.165, 1.54) is 24.0 Å². The number of aromatic nitrogens is 1. The first-order chi connectivity index (χ1) is 12.6. The van der Waals surface area contributed by atoms with Crippen molar-refractivity contribution >= 4 is 34.6 Å². The Morgan fingerprint density at radius 2 is 2.12 bits per heavy atom. The summed E-state index contributed by atoms with van der Waals surface area (Å²) in [6.07, 6.45) is 4.28. The molecule has 1 saturated heterocycles. The lowest BCUT2D eigenvalue weighted by molar-refractivity contribution is 0.208. The standard InChI is InChI=1S/C20H22Cl2N4/c1-13-17-8-16(9-24-20(17)10-23-13)25-15-3-2-6-26(12-15)11-14-4-5-18(21)19(22)7-14/h4-5,7-9,15,25H,2-3,6,10-12H2,1H3. The zero-order chi connectivity index (χ0) is 18.1. The third kappa shape index (κ3) is 3.88. The predicted octanol–water partition coefficient (Wildman–Crippen LogP) is 4.79. The van der Waals surface area contributed by atoms with E-state index in [-0.39, 0.29) is 0 Å². The number of nitrogens with one attached hydrogen (secondary N) is 1. The average molecular weight is 389 g/mol. The van der Waals surface area contributed by atoms with Crippen LogP contribution >= 0.6 is 23.2 Å². The Hall–Kier alpha value is -1.62. The molecule has 3 heterocycles. The van der Waals surface area contributed by atoms with Crippen molar-refractivity contribution in [1.82, 2.24) is 9.88 Å². The van der Waals surface area contributed by atoms with Crippen molar-refractivity contribution in [1.29, 1.82) is 0 Å². The van der Waals surface area contributed by atoms with Crippen LogP contribution in [0.4, 0.5) is 5.69 Å². The quantitative estimate of drug-likeness (QED) is 0.818. The van der Waals surface area contributed by atoms with Gasteiger partial charge in [0.05, 0.1) is 34.2 Å². The van der Waals surface area contributed by atoms with Crippen molar-refractivity contribution in [3.63, 3.8) is 0 Å². The van der Waals surface area contributed by atoms with Crippen LogP contribution in [0.3, 0.4) is 0 Å². The summed E-state index contributed by atoms with van der Waals surface area (Å²) < 4.78 is 0. The number of pyridine rings is 1. The summed E-state index contributed by atoms with van der Waals surface area (Å²) in [6, 6.07) is 8.50. The Bertz CT molecular complexity index is 850. The van der Waals surface area contributed by atoms with Gasteiger partial charge in [-0.15, -0.1) is 0 Å². The molecule has 1 N–H and O–H groups in total. The van der Waals surface area contributed by atoms with Crippen LogP contribution in [0.25, 0.3) is 0 Å². The van der Waals surface area contributed by atoms with E-state index in [9.17, 15) is 0 Å². The number of rotatable bonds is 4. The number of piperidine rings is 1. The molecule has 0 amide bonds. The summed E-state index contributed by atoms with van der Waals surface area (Å²) in [5.74, 6) is 0. The van der Waals surface area contributed by atoms with Crippen LogP contribution < -0.4 is 5.32 Å². The molecule has 0 aliphatic carbocycles. The lowest BCUT2D eigenvalue weighted by atomic mass is 10.0. The maximum atomic E-state index is 6.15. The van der Waals surface area contributed by atoms with Gasteiger partial charge in [0, 0.05) is 30.4 Å². The van der Waals surface area contributed by atoms with Crippen LogP contribution in [0.5, 0.6) is 0 Å². The molecule has 2 aliphatic heterocycles. The Labute approximate surface area is 164 Å². The van der Waals surface area contributed by atoms with E-state index < -0.39 is 0 Å². The van der Waals surface area contributed by atoms with Gasteiger partial charge in [0.2, 0.25) is 0 Å². The number of hydrogen-bond acceptors (Lipinski definition) is 4. The van der Waals surface area contributed by atoms with Gasteiger partial charge in [-0.2, -0.15) is 0 Å². The Morgan fingerprint density at radius 3 is 2.96 bits per heavy atom. The molecule has 1 aromatic heterocycles. The SMILES string of the molecule is CC1=NCc2ncc(NC3CCCN(Cc4ccc(Cl)c(Cl)c4)C3)cc21. The molecule has 2 aliphatic rings. The molecule has 1 unspecified atom stereocenters. The molecule has 4 rings (SSSR count). The van der Waals surface area contributed by atoms with Gasteiger partial charge in [-0.25, -0.2) is 0 Å². The van der Waals surface area contributed by atoms with Crippen molar-refractivity contribution in [3.05, 3.63) is 57.3 Å². The summed E-state index contributed by atoms with van der Waals surface area (Å²) in [5.41, 5.74) is 5.63. The number of aliphatic imine (C=N–C) groups is 1. The van der Waals surface area contributed by atoms with Gasteiger partial charge in [-0.05, 0) is 50.1 Å². The topological polar surface area (TPSA) is 40.5 Å². The Morgan fingerprint density at radius 1 is 1.23 bits per heavy atom. The van der Waals surface area contributed by atoms with Crippen molar-refractivity contribution in [2.45, 2.75) is 38.9 Å². The second kappa shape index (κ2) is 7.55. The van der Waals surface area contributed by atoms with Gasteiger partial charge >= 0.3 is 0 Å². The molecule has 1 fully saturated rings. The fourth-order valence-electron chi connectivity index (χ4n) is 3.74. The van der Waals surface area contributed by atoms with Gasteiger partial charge in [0.25, 0.3) is 0 Å². The number of halogens is 2. The fourth-order valence-corrected chi connectivity index (χ4v) is 4.06. The van der Waals surface area contributed by atoms with E-state index in [1.54, 1.807) is 0 Å². The fraction of sp³-hybridized carbons (Fsp3) is 0.400. The van der Waals surface area contributed by atoms with Crippen LogP contribution in [0.2, 0.25) is 10.0 Å². The lowest BCUT2D eigenvalue weighted by Gasteiger charge is -2.33. The Balaban J connectivity index is 1.40. The molecule has 0 radical (unpaired) electrons. The lowest BCUT2D eigenvalue weighted by Crippen LogP contribution is -2.41. The maximum absolute atomic E-state index is 6.15. The zero-order valence-electron chi connectivity index (χ0n) is 14.8. The van der Waals surface area contributed by atoms with Crippen LogP contribution in [-0.2, 0) is 13.1 Å². The monoisotopic (exact) mass is 388 g/mol. The van der Waals surface area contributed by atoms with E-state index in [0.717, 1.165) is 36.7 Å². The summed E-state index contributed by atoms with van der Waals surface area (Å²) >= 11 is 12.2. The first-order valence-corrected chi connectivity index (χ1v) is 9.77. The first-order valence-electron chi connectivity index (χ1n) is 9.01. The molecule has 0 spiro atoms. The van der Waals surface area contributed by atoms with Gasteiger partial charge < -0.3 is 5.32 Å². The minimum absolute atomic E-state index is 0.421. The van der Waals surface area contributed by atoms with E-state index >= 15 is 0 Å². The molecule has 6 heteroatoms. The molecular formula is C20H22Cl2N4. The predicted molar refractivity (Wildman–Crippen MR) is 109 cm³/mol. The highest BCUT2D eigenvalue weighted by Gasteiger charge is 2.21. The van der Waals surface area contributed by atoms with Crippen molar-refractivity contribution in [2.24, 2.45) is 4.99 Å². The normalized spacial score (nSPS) is 20.0. The molecule has 0 saturated carbocycles. The average Bonchev–Trinajstić information content (AvgIpc) is 2.99. The molecule has 1 atom stereocenters. The summed E-state index contributed by atoms with van der Waals surface area (Å²) in [7, 11) is 0. The third-order valence-electron chi connectivity index (χ3n) is 5.09. The van der Waals surface area contributed by atoms with Crippen molar-refractivity contribution < 1.29 is 0 Å². The smallest absolute Gasteiger partial charge is 0.0821 e. The number of likely N-dealkylation sites (tertiary alicyclic amines) is 1. The van der Waals surface area contributed by atoms with Crippen LogP contribution in [0.15, 0.2) is 35.5 Å². The number of fused-ring (bicyclic) bond motifs is 1. The second-order valence-electron chi connectivity index (χ2n) is 7.09. The summed E-state index contributed by atoms with van der Waals surface area (Å²) in [6.45, 7) is 5.76. The molecular weight excluding hydrogens is 367 g/mol. The summed E-state index contributed by atoms with van der Waals surface area (Å²) in [4.78, 5) is 11.5. The molecule has 2 aromatic rings. The highest BCUT2D eigenvalue weighted by Crippen LogP contribution is 2.25. The molecule has 0 bridgehead atoms. The van der Waals surface area contributed by atoms with E-state index in [4.69, 9.17) is 23.2 Å². The van der Waals surface area contributed by atoms with Gasteiger partial charge in [-0.1, -0.05) is 29.3 Å². The van der Waals surface area contributed by atoms with Crippen LogP contribution in [-0.4, -0.2) is 34.7 Å². The van der Waals surface area contributed by atoms with Gasteiger partial charge in [-0.3, -0.25) is 14.9 Å². The Kier molecular flexibility index (Phi) is 5.16. The molecule has 4 nitrogen and oxygen atoms in total. The van der Waals surface area contributed by atoms with Crippen LogP contribution in [0.1, 0.15) is 36.6 Å². The highest BCUT2D eigenvalue weighted by molar-refractivity contribution is 6.42. The number of benzene rings is 1. The number of nitrogens with zero attached hydrogens (tertiary/aromatic N) is 3. The third-order valence-corrected chi connectivity index (χ3v) is 5.83. The van der Waals surface area contributed by atoms with Crippen molar-refractivity contribution in [3.8, 4) is 0 Å². The highest BCUT2D eigenvalue weighted by atomic mass is 35.5. The van der Waals surface area contributed by atoms with Gasteiger partial charge in [0.1, 0.15) is 0 Å². The molecule has 26 heavy (non-hydrogen) atoms. The van der Waals surface area contributed by atoms with Crippen molar-refractivity contribution in [2.75, 3.05) is 18.4 Å². The summed E-state index contributed by atoms with van der Waals surface area (Å²) in [5, 5.41) is 4.89. The molecule has 1 aromatic carbocycles. The number of hydrogen-bond donors (Lipinski definition) is 1. The minimum Gasteiger partial charge on any atom is -0.380 e. The number of anilines is 1. The van der Waals surface area contributed by atoms with E-state index in [2.05, 4.69) is 39.2 Å².